The normalized spacial score (nSPS) is 23.9. The van der Waals surface area contributed by atoms with Crippen LogP contribution in [0.15, 0.2) is 16.5 Å². The predicted molar refractivity (Wildman–Crippen MR) is 110 cm³/mol. The van der Waals surface area contributed by atoms with Crippen LogP contribution in [0, 0.1) is 12.8 Å². The molecule has 1 saturated carbocycles. The van der Waals surface area contributed by atoms with E-state index >= 15 is 0 Å². The topological polar surface area (TPSA) is 171 Å². The van der Waals surface area contributed by atoms with Crippen LogP contribution in [0.1, 0.15) is 17.8 Å². The van der Waals surface area contributed by atoms with Crippen molar-refractivity contribution in [3.05, 3.63) is 28.7 Å². The van der Waals surface area contributed by atoms with Crippen LogP contribution < -0.4 is 11.1 Å². The van der Waals surface area contributed by atoms with Gasteiger partial charge in [-0.1, -0.05) is 11.6 Å². The van der Waals surface area contributed by atoms with E-state index in [-0.39, 0.29) is 30.1 Å². The van der Waals surface area contributed by atoms with Gasteiger partial charge in [-0.15, -0.1) is 0 Å². The van der Waals surface area contributed by atoms with E-state index in [1.807, 2.05) is 0 Å². The summed E-state index contributed by atoms with van der Waals surface area (Å²) in [5.41, 5.74) is 7.73. The van der Waals surface area contributed by atoms with Crippen LogP contribution >= 0.6 is 11.6 Å². The second-order valence-electron chi connectivity index (χ2n) is 7.39. The Morgan fingerprint density at radius 1 is 1.20 bits per heavy atom. The van der Waals surface area contributed by atoms with E-state index in [1.165, 1.54) is 0 Å². The zero-order valence-electron chi connectivity index (χ0n) is 16.1. The number of hydrogen-bond donors (Lipinski definition) is 6. The highest BCUT2D eigenvalue weighted by molar-refractivity contribution is 6.32. The second kappa shape index (κ2) is 7.97. The molecule has 0 radical (unpaired) electrons. The first-order valence-corrected chi connectivity index (χ1v) is 9.78. The van der Waals surface area contributed by atoms with Gasteiger partial charge in [0, 0.05) is 17.9 Å². The third-order valence-corrected chi connectivity index (χ3v) is 5.65. The first-order valence-electron chi connectivity index (χ1n) is 9.40. The molecular formula is C19H22ClN5O5. The molecule has 4 rings (SSSR count). The molecule has 1 aliphatic carbocycles. The van der Waals surface area contributed by atoms with Crippen molar-refractivity contribution in [2.75, 3.05) is 17.7 Å². The molecule has 1 fully saturated rings. The number of nitrogen functional groups attached to an aromatic ring is 1. The Balaban J connectivity index is 1.78. The minimum absolute atomic E-state index is 0.0452. The van der Waals surface area contributed by atoms with E-state index in [4.69, 9.17) is 21.8 Å². The lowest BCUT2D eigenvalue weighted by Crippen LogP contribution is -2.35. The Morgan fingerprint density at radius 3 is 2.63 bits per heavy atom. The molecule has 3 aromatic rings. The number of nitrogens with one attached hydrogen (secondary N) is 1. The standard InChI is InChI=1S/C19H22ClN5O5/c1-7-16-8(2-10(6-27)22-7)4-12(30-16)13-17(20)24-19(21)25-18(13)23-11-3-9(5-26)14(28)15(11)29/h2,4,9,11,14-15,26-29H,3,5-6H2,1H3,(H3,21,23,24,25)/t9-,11-,14-,15+/m1/s1. The van der Waals surface area contributed by atoms with Gasteiger partial charge in [0.25, 0.3) is 0 Å². The summed E-state index contributed by atoms with van der Waals surface area (Å²) in [4.78, 5) is 12.5. The van der Waals surface area contributed by atoms with Crippen LogP contribution in [-0.2, 0) is 6.61 Å². The molecular weight excluding hydrogens is 414 g/mol. The summed E-state index contributed by atoms with van der Waals surface area (Å²) in [5, 5.41) is 43.1. The quantitative estimate of drug-likeness (QED) is 0.315. The average Bonchev–Trinajstić information content (AvgIpc) is 3.24. The van der Waals surface area contributed by atoms with Gasteiger partial charge in [0.15, 0.2) is 5.58 Å². The number of aromatic nitrogens is 3. The summed E-state index contributed by atoms with van der Waals surface area (Å²) in [5.74, 6) is 0.0422. The first-order chi connectivity index (χ1) is 14.3. The molecule has 3 heterocycles. The molecule has 4 atom stereocenters. The number of halogens is 1. The van der Waals surface area contributed by atoms with Crippen LogP contribution in [0.25, 0.3) is 22.3 Å². The number of rotatable bonds is 5. The van der Waals surface area contributed by atoms with E-state index in [2.05, 4.69) is 20.3 Å². The summed E-state index contributed by atoms with van der Waals surface area (Å²) >= 11 is 6.36. The Hall–Kier alpha value is -2.50. The SMILES string of the molecule is Cc1nc(CO)cc2cc(-c3c(Cl)nc(N)nc3N[C@@H]3C[C@H](CO)[C@@H](O)[C@H]3O)oc12. The van der Waals surface area contributed by atoms with E-state index in [1.54, 1.807) is 19.1 Å². The Bertz CT molecular complexity index is 1090. The summed E-state index contributed by atoms with van der Waals surface area (Å²) in [6, 6.07) is 2.85. The molecule has 7 N–H and O–H groups in total. The molecule has 0 aliphatic heterocycles. The number of aliphatic hydroxyl groups is 4. The zero-order chi connectivity index (χ0) is 21.6. The number of aryl methyl sites for hydroxylation is 1. The molecule has 3 aromatic heterocycles. The highest BCUT2D eigenvalue weighted by Gasteiger charge is 2.41. The van der Waals surface area contributed by atoms with Crippen LogP contribution in [0.5, 0.6) is 0 Å². The lowest BCUT2D eigenvalue weighted by atomic mass is 10.1. The number of pyridine rings is 1. The largest absolute Gasteiger partial charge is 0.454 e. The van der Waals surface area contributed by atoms with Crippen LogP contribution in [0.4, 0.5) is 11.8 Å². The van der Waals surface area contributed by atoms with Crippen molar-refractivity contribution >= 4 is 34.3 Å². The van der Waals surface area contributed by atoms with Gasteiger partial charge in [0.2, 0.25) is 5.95 Å². The summed E-state index contributed by atoms with van der Waals surface area (Å²) < 4.78 is 5.96. The molecule has 1 aliphatic rings. The fourth-order valence-electron chi connectivity index (χ4n) is 3.87. The van der Waals surface area contributed by atoms with Gasteiger partial charge in [-0.25, -0.2) is 4.98 Å². The maximum absolute atomic E-state index is 10.3. The highest BCUT2D eigenvalue weighted by Crippen LogP contribution is 2.39. The maximum Gasteiger partial charge on any atom is 0.223 e. The number of furan rings is 1. The molecule has 0 unspecified atom stereocenters. The lowest BCUT2D eigenvalue weighted by molar-refractivity contribution is 0.00446. The monoisotopic (exact) mass is 435 g/mol. The molecule has 0 spiro atoms. The van der Waals surface area contributed by atoms with Crippen molar-refractivity contribution < 1.29 is 24.8 Å². The number of fused-ring (bicyclic) bond motifs is 1. The van der Waals surface area contributed by atoms with Gasteiger partial charge in [0.1, 0.15) is 22.8 Å². The fourth-order valence-corrected chi connectivity index (χ4v) is 4.14. The van der Waals surface area contributed by atoms with Crippen molar-refractivity contribution in [1.29, 1.82) is 0 Å². The van der Waals surface area contributed by atoms with Gasteiger partial charge >= 0.3 is 0 Å². The minimum atomic E-state index is -1.11. The number of hydrogen-bond acceptors (Lipinski definition) is 10. The van der Waals surface area contributed by atoms with E-state index in [0.717, 1.165) is 5.39 Å². The molecule has 10 nitrogen and oxygen atoms in total. The number of aliphatic hydroxyl groups excluding tert-OH is 4. The van der Waals surface area contributed by atoms with Crippen LogP contribution in [-0.4, -0.2) is 60.2 Å². The lowest BCUT2D eigenvalue weighted by Gasteiger charge is -2.20. The third-order valence-electron chi connectivity index (χ3n) is 5.37. The molecule has 0 amide bonds. The third kappa shape index (κ3) is 3.57. The number of nitrogens with two attached hydrogens (primary N) is 1. The molecule has 0 bridgehead atoms. The van der Waals surface area contributed by atoms with E-state index in [0.29, 0.717) is 34.7 Å². The van der Waals surface area contributed by atoms with Crippen molar-refractivity contribution in [2.24, 2.45) is 5.92 Å². The fraction of sp³-hybridized carbons (Fsp3) is 0.421. The van der Waals surface area contributed by atoms with Gasteiger partial charge in [-0.3, -0.25) is 4.98 Å². The minimum Gasteiger partial charge on any atom is -0.454 e. The molecule has 0 saturated heterocycles. The van der Waals surface area contributed by atoms with E-state index in [9.17, 15) is 20.4 Å². The Kier molecular flexibility index (Phi) is 5.51. The Labute approximate surface area is 176 Å². The van der Waals surface area contributed by atoms with Crippen LogP contribution in [0.2, 0.25) is 5.15 Å². The van der Waals surface area contributed by atoms with Crippen molar-refractivity contribution in [3.63, 3.8) is 0 Å². The smallest absolute Gasteiger partial charge is 0.223 e. The van der Waals surface area contributed by atoms with Gasteiger partial charge in [-0.2, -0.15) is 4.98 Å². The summed E-state index contributed by atoms with van der Waals surface area (Å²) in [6.45, 7) is 1.31. The summed E-state index contributed by atoms with van der Waals surface area (Å²) in [7, 11) is 0. The Morgan fingerprint density at radius 2 is 1.97 bits per heavy atom. The molecule has 0 aromatic carbocycles. The average molecular weight is 436 g/mol. The van der Waals surface area contributed by atoms with E-state index < -0.39 is 24.2 Å². The van der Waals surface area contributed by atoms with Gasteiger partial charge in [0.05, 0.1) is 35.7 Å². The molecule has 160 valence electrons. The van der Waals surface area contributed by atoms with Crippen LogP contribution in [0.3, 0.4) is 0 Å². The highest BCUT2D eigenvalue weighted by atomic mass is 35.5. The van der Waals surface area contributed by atoms with Crippen molar-refractivity contribution in [2.45, 2.75) is 38.2 Å². The first kappa shape index (κ1) is 20.8. The number of nitrogens with zero attached hydrogens (tertiary/aromatic N) is 3. The van der Waals surface area contributed by atoms with Gasteiger partial charge < -0.3 is 35.9 Å². The molecule has 30 heavy (non-hydrogen) atoms. The number of anilines is 2. The van der Waals surface area contributed by atoms with Gasteiger partial charge in [-0.05, 0) is 25.5 Å². The maximum atomic E-state index is 10.3. The molecule has 11 heteroatoms. The van der Waals surface area contributed by atoms with Crippen molar-refractivity contribution in [3.8, 4) is 11.3 Å². The zero-order valence-corrected chi connectivity index (χ0v) is 16.8. The second-order valence-corrected chi connectivity index (χ2v) is 7.75. The predicted octanol–water partition coefficient (Wildman–Crippen LogP) is 0.836. The summed E-state index contributed by atoms with van der Waals surface area (Å²) in [6.07, 6.45) is -1.86. The van der Waals surface area contributed by atoms with Crippen molar-refractivity contribution in [1.82, 2.24) is 15.0 Å².